The van der Waals surface area contributed by atoms with E-state index in [0.717, 1.165) is 31.0 Å². The zero-order valence-electron chi connectivity index (χ0n) is 15.5. The number of likely N-dealkylation sites (tertiary alicyclic amines) is 1. The van der Waals surface area contributed by atoms with Crippen LogP contribution in [-0.4, -0.2) is 50.1 Å². The Labute approximate surface area is 152 Å². The van der Waals surface area contributed by atoms with Gasteiger partial charge in [0.25, 0.3) is 0 Å². The third-order valence-corrected chi connectivity index (χ3v) is 6.45. The summed E-state index contributed by atoms with van der Waals surface area (Å²) in [7, 11) is 1.89. The summed E-state index contributed by atoms with van der Waals surface area (Å²) in [6, 6.07) is 11.9. The van der Waals surface area contributed by atoms with E-state index in [-0.39, 0.29) is 0 Å². The predicted octanol–water partition coefficient (Wildman–Crippen LogP) is 2.76. The minimum absolute atomic E-state index is 0.301. The fourth-order valence-corrected chi connectivity index (χ4v) is 4.48. The van der Waals surface area contributed by atoms with E-state index in [1.54, 1.807) is 0 Å². The largest absolute Gasteiger partial charge is 0.356 e. The van der Waals surface area contributed by atoms with E-state index >= 15 is 0 Å². The molecule has 2 saturated carbocycles. The molecule has 1 aromatic carbocycles. The van der Waals surface area contributed by atoms with Crippen molar-refractivity contribution in [3.63, 3.8) is 0 Å². The normalized spacial score (nSPS) is 26.3. The van der Waals surface area contributed by atoms with Gasteiger partial charge in [-0.1, -0.05) is 36.8 Å². The first-order valence-electron chi connectivity index (χ1n) is 10.0. The maximum absolute atomic E-state index is 4.45. The predicted molar refractivity (Wildman–Crippen MR) is 104 cm³/mol. The highest BCUT2D eigenvalue weighted by Crippen LogP contribution is 2.43. The number of hydrogen-bond acceptors (Lipinski definition) is 2. The summed E-state index contributed by atoms with van der Waals surface area (Å²) >= 11 is 0. The maximum Gasteiger partial charge on any atom is 0.191 e. The van der Waals surface area contributed by atoms with Gasteiger partial charge in [-0.3, -0.25) is 4.99 Å². The van der Waals surface area contributed by atoms with Crippen molar-refractivity contribution in [3.8, 4) is 0 Å². The lowest BCUT2D eigenvalue weighted by atomic mass is 9.64. The summed E-state index contributed by atoms with van der Waals surface area (Å²) < 4.78 is 0. The monoisotopic (exact) mass is 340 g/mol. The Balaban J connectivity index is 1.26. The molecule has 4 rings (SSSR count). The number of nitrogens with zero attached hydrogens (tertiary/aromatic N) is 2. The molecule has 0 spiro atoms. The number of nitrogens with one attached hydrogen (secondary N) is 2. The van der Waals surface area contributed by atoms with E-state index in [9.17, 15) is 0 Å². The molecule has 4 nitrogen and oxygen atoms in total. The highest BCUT2D eigenvalue weighted by Gasteiger charge is 2.38. The lowest BCUT2D eigenvalue weighted by Crippen LogP contribution is -2.49. The Hall–Kier alpha value is -1.55. The standard InChI is InChI=1S/C21H32N4/c1-22-20(23-14-17-10-13-25(15-17)19-8-9-19)24-16-21(11-5-12-21)18-6-3-2-4-7-18/h2-4,6-7,17,19H,5,8-16H2,1H3,(H2,22,23,24). The summed E-state index contributed by atoms with van der Waals surface area (Å²) in [6.07, 6.45) is 8.06. The Morgan fingerprint density at radius 2 is 1.96 bits per heavy atom. The second-order valence-electron chi connectivity index (χ2n) is 8.19. The minimum Gasteiger partial charge on any atom is -0.356 e. The molecule has 0 aromatic heterocycles. The van der Waals surface area contributed by atoms with Gasteiger partial charge in [-0.2, -0.15) is 0 Å². The fraction of sp³-hybridized carbons (Fsp3) is 0.667. The smallest absolute Gasteiger partial charge is 0.191 e. The van der Waals surface area contributed by atoms with Gasteiger partial charge in [-0.15, -0.1) is 0 Å². The van der Waals surface area contributed by atoms with Crippen LogP contribution in [0.5, 0.6) is 0 Å². The number of aliphatic imine (C=N–C) groups is 1. The van der Waals surface area contributed by atoms with Gasteiger partial charge in [-0.25, -0.2) is 0 Å². The van der Waals surface area contributed by atoms with Crippen LogP contribution in [0, 0.1) is 5.92 Å². The Morgan fingerprint density at radius 3 is 2.60 bits per heavy atom. The fourth-order valence-electron chi connectivity index (χ4n) is 4.48. The quantitative estimate of drug-likeness (QED) is 0.618. The van der Waals surface area contributed by atoms with Gasteiger partial charge < -0.3 is 15.5 Å². The number of guanidine groups is 1. The summed E-state index contributed by atoms with van der Waals surface area (Å²) in [5.41, 5.74) is 1.77. The lowest BCUT2D eigenvalue weighted by molar-refractivity contribution is 0.243. The van der Waals surface area contributed by atoms with Crippen molar-refractivity contribution in [1.82, 2.24) is 15.5 Å². The molecule has 1 aliphatic heterocycles. The van der Waals surface area contributed by atoms with Gasteiger partial charge in [0.2, 0.25) is 0 Å². The summed E-state index contributed by atoms with van der Waals surface area (Å²) in [6.45, 7) is 4.58. The van der Waals surface area contributed by atoms with E-state index in [4.69, 9.17) is 0 Å². The highest BCUT2D eigenvalue weighted by molar-refractivity contribution is 5.79. The first-order valence-corrected chi connectivity index (χ1v) is 10.0. The molecule has 3 fully saturated rings. The molecule has 1 saturated heterocycles. The topological polar surface area (TPSA) is 39.7 Å². The zero-order chi connectivity index (χ0) is 17.1. The molecular weight excluding hydrogens is 308 g/mol. The van der Waals surface area contributed by atoms with Crippen molar-refractivity contribution < 1.29 is 0 Å². The first-order chi connectivity index (χ1) is 12.3. The van der Waals surface area contributed by atoms with Crippen LogP contribution in [0.2, 0.25) is 0 Å². The first kappa shape index (κ1) is 16.9. The molecule has 25 heavy (non-hydrogen) atoms. The van der Waals surface area contributed by atoms with Crippen LogP contribution < -0.4 is 10.6 Å². The van der Waals surface area contributed by atoms with E-state index in [0.29, 0.717) is 5.41 Å². The van der Waals surface area contributed by atoms with Crippen LogP contribution in [0.15, 0.2) is 35.3 Å². The van der Waals surface area contributed by atoms with Crippen molar-refractivity contribution in [3.05, 3.63) is 35.9 Å². The van der Waals surface area contributed by atoms with Crippen LogP contribution in [0.25, 0.3) is 0 Å². The average molecular weight is 341 g/mol. The molecule has 0 bridgehead atoms. The molecule has 4 heteroatoms. The third kappa shape index (κ3) is 3.84. The summed E-state index contributed by atoms with van der Waals surface area (Å²) in [5, 5.41) is 7.18. The van der Waals surface area contributed by atoms with E-state index in [1.165, 1.54) is 57.2 Å². The molecule has 1 heterocycles. The molecule has 2 aliphatic carbocycles. The molecule has 1 unspecified atom stereocenters. The molecule has 2 N–H and O–H groups in total. The van der Waals surface area contributed by atoms with Crippen molar-refractivity contribution in [1.29, 1.82) is 0 Å². The number of rotatable bonds is 6. The Kier molecular flexibility index (Phi) is 4.98. The summed E-state index contributed by atoms with van der Waals surface area (Å²) in [4.78, 5) is 7.13. The Morgan fingerprint density at radius 1 is 1.16 bits per heavy atom. The molecule has 3 aliphatic rings. The van der Waals surface area contributed by atoms with Gasteiger partial charge in [-0.05, 0) is 50.1 Å². The van der Waals surface area contributed by atoms with Gasteiger partial charge in [0.15, 0.2) is 5.96 Å². The van der Waals surface area contributed by atoms with E-state index in [1.807, 2.05) is 7.05 Å². The number of hydrogen-bond donors (Lipinski definition) is 2. The molecular formula is C21H32N4. The Bertz CT molecular complexity index is 589. The van der Waals surface area contributed by atoms with E-state index in [2.05, 4.69) is 50.9 Å². The van der Waals surface area contributed by atoms with Crippen molar-refractivity contribution >= 4 is 5.96 Å². The van der Waals surface area contributed by atoms with Crippen LogP contribution in [0.3, 0.4) is 0 Å². The van der Waals surface area contributed by atoms with Crippen molar-refractivity contribution in [2.75, 3.05) is 33.2 Å². The molecule has 1 aromatic rings. The molecule has 0 amide bonds. The van der Waals surface area contributed by atoms with Gasteiger partial charge in [0.05, 0.1) is 0 Å². The molecule has 136 valence electrons. The van der Waals surface area contributed by atoms with Gasteiger partial charge in [0, 0.05) is 38.1 Å². The second-order valence-corrected chi connectivity index (χ2v) is 8.19. The van der Waals surface area contributed by atoms with Crippen molar-refractivity contribution in [2.45, 2.75) is 50.0 Å². The molecule has 1 atom stereocenters. The second kappa shape index (κ2) is 7.36. The van der Waals surface area contributed by atoms with Crippen LogP contribution >= 0.6 is 0 Å². The molecule has 0 radical (unpaired) electrons. The highest BCUT2D eigenvalue weighted by atomic mass is 15.2. The average Bonchev–Trinajstić information content (AvgIpc) is 3.36. The SMILES string of the molecule is CN=C(NCC1CCN(C2CC2)C1)NCC1(c2ccccc2)CCC1. The maximum atomic E-state index is 4.45. The summed E-state index contributed by atoms with van der Waals surface area (Å²) in [5.74, 6) is 1.73. The van der Waals surface area contributed by atoms with Crippen molar-refractivity contribution in [2.24, 2.45) is 10.9 Å². The van der Waals surface area contributed by atoms with Gasteiger partial charge >= 0.3 is 0 Å². The zero-order valence-corrected chi connectivity index (χ0v) is 15.5. The minimum atomic E-state index is 0.301. The van der Waals surface area contributed by atoms with E-state index < -0.39 is 0 Å². The van der Waals surface area contributed by atoms with Gasteiger partial charge in [0.1, 0.15) is 0 Å². The van der Waals surface area contributed by atoms with Crippen LogP contribution in [0.4, 0.5) is 0 Å². The van der Waals surface area contributed by atoms with Crippen LogP contribution in [0.1, 0.15) is 44.1 Å². The lowest BCUT2D eigenvalue weighted by Gasteiger charge is -2.43. The number of benzene rings is 1. The third-order valence-electron chi connectivity index (χ3n) is 6.45. The van der Waals surface area contributed by atoms with Crippen LogP contribution in [-0.2, 0) is 5.41 Å².